The minimum atomic E-state index is -0.589. The minimum Gasteiger partial charge on any atom is -0.462 e. The first-order valence-electron chi connectivity index (χ1n) is 11.4. The Morgan fingerprint density at radius 1 is 1.18 bits per heavy atom. The molecule has 1 saturated heterocycles. The van der Waals surface area contributed by atoms with Crippen molar-refractivity contribution in [1.82, 2.24) is 19.8 Å². The Labute approximate surface area is 208 Å². The van der Waals surface area contributed by atoms with E-state index in [1.807, 2.05) is 38.1 Å². The van der Waals surface area contributed by atoms with Gasteiger partial charge in [-0.25, -0.2) is 19.6 Å². The summed E-state index contributed by atoms with van der Waals surface area (Å²) in [7, 11) is 0. The first kappa shape index (κ1) is 25.6. The number of hydrogen-bond acceptors (Lipinski definition) is 6. The van der Waals surface area contributed by atoms with Gasteiger partial charge in [0.05, 0.1) is 18.0 Å². The van der Waals surface area contributed by atoms with Gasteiger partial charge in [0.15, 0.2) is 0 Å². The quantitative estimate of drug-likeness (QED) is 0.563. The van der Waals surface area contributed by atoms with E-state index >= 15 is 0 Å². The Kier molecular flexibility index (Phi) is 8.60. The van der Waals surface area contributed by atoms with Crippen molar-refractivity contribution in [3.63, 3.8) is 0 Å². The lowest BCUT2D eigenvalue weighted by atomic mass is 10.1. The molecule has 1 atom stereocenters. The maximum Gasteiger partial charge on any atom is 0.342 e. The fourth-order valence-corrected chi connectivity index (χ4v) is 4.35. The van der Waals surface area contributed by atoms with Crippen molar-refractivity contribution in [2.75, 3.05) is 31.6 Å². The first-order valence-corrected chi connectivity index (χ1v) is 12.2. The molecule has 0 bridgehead atoms. The number of aromatic nitrogens is 2. The van der Waals surface area contributed by atoms with Gasteiger partial charge >= 0.3 is 12.0 Å². The molecule has 182 valence electrons. The van der Waals surface area contributed by atoms with E-state index in [1.54, 1.807) is 23.6 Å². The van der Waals surface area contributed by atoms with E-state index in [-0.39, 0.29) is 35.8 Å². The molecule has 1 N–H and O–H groups in total. The normalized spacial score (nSPS) is 15.7. The predicted molar refractivity (Wildman–Crippen MR) is 132 cm³/mol. The lowest BCUT2D eigenvalue weighted by Crippen LogP contribution is -2.56. The average Bonchev–Trinajstić information content (AvgIpc) is 2.79. The summed E-state index contributed by atoms with van der Waals surface area (Å²) in [6.07, 6.45) is 1.30. The highest BCUT2D eigenvalue weighted by atomic mass is 79.9. The van der Waals surface area contributed by atoms with Crippen molar-refractivity contribution >= 4 is 39.5 Å². The molecule has 3 amide bonds. The number of carbonyl (C=O) groups excluding carboxylic acids is 3. The van der Waals surface area contributed by atoms with Gasteiger partial charge < -0.3 is 19.9 Å². The van der Waals surface area contributed by atoms with Gasteiger partial charge in [-0.05, 0) is 55.3 Å². The maximum absolute atomic E-state index is 13.5. The third-order valence-electron chi connectivity index (χ3n) is 5.56. The lowest BCUT2D eigenvalue weighted by molar-refractivity contribution is 0.0502. The number of urea groups is 1. The SMILES string of the molecule is CCCc1nc(C)nc(C(=O)N2CCN(C(=O)Nc3ccccc3Br)C(C)C2)c1C(=O)OCC. The summed E-state index contributed by atoms with van der Waals surface area (Å²) in [5.41, 5.74) is 1.40. The van der Waals surface area contributed by atoms with Crippen molar-refractivity contribution in [2.45, 2.75) is 46.6 Å². The molecule has 2 aromatic rings. The number of para-hydroxylation sites is 1. The topological polar surface area (TPSA) is 105 Å². The van der Waals surface area contributed by atoms with E-state index in [2.05, 4.69) is 31.2 Å². The fourth-order valence-electron chi connectivity index (χ4n) is 3.96. The highest BCUT2D eigenvalue weighted by Gasteiger charge is 2.34. The van der Waals surface area contributed by atoms with Gasteiger partial charge in [-0.2, -0.15) is 0 Å². The number of carbonyl (C=O) groups is 3. The molecule has 34 heavy (non-hydrogen) atoms. The minimum absolute atomic E-state index is 0.0627. The molecule has 0 radical (unpaired) electrons. The Balaban J connectivity index is 1.79. The van der Waals surface area contributed by atoms with E-state index in [0.717, 1.165) is 10.9 Å². The van der Waals surface area contributed by atoms with Gasteiger partial charge in [0.2, 0.25) is 0 Å². The van der Waals surface area contributed by atoms with Crippen LogP contribution in [0.3, 0.4) is 0 Å². The van der Waals surface area contributed by atoms with E-state index in [1.165, 1.54) is 0 Å². The summed E-state index contributed by atoms with van der Waals surface area (Å²) in [6.45, 7) is 8.47. The molecule has 0 aliphatic carbocycles. The maximum atomic E-state index is 13.5. The summed E-state index contributed by atoms with van der Waals surface area (Å²) in [5.74, 6) is -0.517. The zero-order chi connectivity index (χ0) is 24.8. The van der Waals surface area contributed by atoms with Crippen molar-refractivity contribution in [2.24, 2.45) is 0 Å². The standard InChI is InChI=1S/C24H30BrN5O4/c1-5-9-19-20(23(32)34-6-2)21(27-16(4)26-19)22(31)29-12-13-30(15(3)14-29)24(33)28-18-11-8-7-10-17(18)25/h7-8,10-11,15H,5-6,9,12-14H2,1-4H3,(H,28,33). The summed E-state index contributed by atoms with van der Waals surface area (Å²) < 4.78 is 6.00. The number of benzene rings is 1. The second kappa shape index (κ2) is 11.4. The molecular weight excluding hydrogens is 502 g/mol. The molecule has 1 aliphatic heterocycles. The largest absolute Gasteiger partial charge is 0.462 e. The van der Waals surface area contributed by atoms with Crippen LogP contribution >= 0.6 is 15.9 Å². The molecule has 9 nitrogen and oxygen atoms in total. The smallest absolute Gasteiger partial charge is 0.342 e. The van der Waals surface area contributed by atoms with Gasteiger partial charge in [0.1, 0.15) is 17.1 Å². The van der Waals surface area contributed by atoms with Gasteiger partial charge in [0.25, 0.3) is 5.91 Å². The van der Waals surface area contributed by atoms with Crippen LogP contribution in [0.1, 0.15) is 59.6 Å². The molecule has 1 unspecified atom stereocenters. The van der Waals surface area contributed by atoms with Crippen molar-refractivity contribution in [3.05, 3.63) is 51.5 Å². The summed E-state index contributed by atoms with van der Waals surface area (Å²) >= 11 is 3.43. The fraction of sp³-hybridized carbons (Fsp3) is 0.458. The molecule has 0 spiro atoms. The molecule has 1 aliphatic rings. The highest BCUT2D eigenvalue weighted by Crippen LogP contribution is 2.23. The van der Waals surface area contributed by atoms with Crippen LogP contribution in [0.25, 0.3) is 0 Å². The van der Waals surface area contributed by atoms with Crippen molar-refractivity contribution in [1.29, 1.82) is 0 Å². The number of rotatable bonds is 6. The number of anilines is 1. The zero-order valence-electron chi connectivity index (χ0n) is 19.9. The molecule has 2 heterocycles. The summed E-state index contributed by atoms with van der Waals surface area (Å²) in [6, 6.07) is 6.92. The monoisotopic (exact) mass is 531 g/mol. The third kappa shape index (κ3) is 5.72. The molecular formula is C24H30BrN5O4. The number of hydrogen-bond donors (Lipinski definition) is 1. The molecule has 0 saturated carbocycles. The highest BCUT2D eigenvalue weighted by molar-refractivity contribution is 9.10. The lowest BCUT2D eigenvalue weighted by Gasteiger charge is -2.39. The van der Waals surface area contributed by atoms with Crippen LogP contribution in [0, 0.1) is 6.92 Å². The van der Waals surface area contributed by atoms with Crippen LogP contribution < -0.4 is 5.32 Å². The molecule has 3 rings (SSSR count). The van der Waals surface area contributed by atoms with Gasteiger partial charge in [0, 0.05) is 30.1 Å². The number of halogens is 1. The Bertz CT molecular complexity index is 1080. The number of amides is 3. The van der Waals surface area contributed by atoms with Crippen LogP contribution in [0.15, 0.2) is 28.7 Å². The zero-order valence-corrected chi connectivity index (χ0v) is 21.5. The number of esters is 1. The van der Waals surface area contributed by atoms with Crippen LogP contribution in [0.5, 0.6) is 0 Å². The summed E-state index contributed by atoms with van der Waals surface area (Å²) in [5, 5.41) is 2.91. The number of piperazine rings is 1. The van der Waals surface area contributed by atoms with E-state index in [0.29, 0.717) is 43.3 Å². The number of nitrogens with one attached hydrogen (secondary N) is 1. The van der Waals surface area contributed by atoms with E-state index in [4.69, 9.17) is 4.74 Å². The number of aryl methyl sites for hydroxylation is 2. The third-order valence-corrected chi connectivity index (χ3v) is 6.25. The Morgan fingerprint density at radius 2 is 1.91 bits per heavy atom. The molecule has 1 fully saturated rings. The van der Waals surface area contributed by atoms with E-state index in [9.17, 15) is 14.4 Å². The van der Waals surface area contributed by atoms with Crippen LogP contribution in [0.4, 0.5) is 10.5 Å². The first-order chi connectivity index (χ1) is 16.3. The van der Waals surface area contributed by atoms with Crippen molar-refractivity contribution < 1.29 is 19.1 Å². The number of ether oxygens (including phenoxy) is 1. The van der Waals surface area contributed by atoms with Gasteiger partial charge in [-0.15, -0.1) is 0 Å². The molecule has 1 aromatic heterocycles. The number of nitrogens with zero attached hydrogens (tertiary/aromatic N) is 4. The summed E-state index contributed by atoms with van der Waals surface area (Å²) in [4.78, 5) is 51.2. The Hall–Kier alpha value is -3.01. The van der Waals surface area contributed by atoms with Gasteiger partial charge in [-0.3, -0.25) is 4.79 Å². The average molecular weight is 532 g/mol. The van der Waals surface area contributed by atoms with Crippen LogP contribution in [0.2, 0.25) is 0 Å². The molecule has 1 aromatic carbocycles. The van der Waals surface area contributed by atoms with Crippen molar-refractivity contribution in [3.8, 4) is 0 Å². The van der Waals surface area contributed by atoms with Crippen LogP contribution in [-0.2, 0) is 11.2 Å². The van der Waals surface area contributed by atoms with Gasteiger partial charge in [-0.1, -0.05) is 25.5 Å². The second-order valence-corrected chi connectivity index (χ2v) is 8.97. The Morgan fingerprint density at radius 3 is 2.56 bits per heavy atom. The predicted octanol–water partition coefficient (Wildman–Crippen LogP) is 4.06. The second-order valence-electron chi connectivity index (χ2n) is 8.12. The van der Waals surface area contributed by atoms with Crippen LogP contribution in [-0.4, -0.2) is 70.0 Å². The van der Waals surface area contributed by atoms with E-state index < -0.39 is 5.97 Å². The molecule has 10 heteroatoms.